The average Bonchev–Trinajstić information content (AvgIpc) is 2.68. The number of carboxylic acids is 2. The number of hydrogen-bond acceptors (Lipinski definition) is 6. The summed E-state index contributed by atoms with van der Waals surface area (Å²) in [5, 5.41) is 17.6. The standard InChI is InChI=1S/2C10H10O4/c1-13-9(11)7-5-3-4-6-8(7)10(12)14-2;1-5-3-4-7(9(11)12)8(6(5)2)10(13)14/h3-6H,1-2H3;3-4H,1-2H3,(H,11,12)(H,13,14). The lowest BCUT2D eigenvalue weighted by Crippen LogP contribution is -2.11. The highest BCUT2D eigenvalue weighted by atomic mass is 16.5. The summed E-state index contributed by atoms with van der Waals surface area (Å²) in [6.45, 7) is 3.35. The minimum Gasteiger partial charge on any atom is -0.478 e. The Labute approximate surface area is 161 Å². The molecule has 2 rings (SSSR count). The topological polar surface area (TPSA) is 127 Å². The lowest BCUT2D eigenvalue weighted by molar-refractivity contribution is 0.0555. The molecule has 0 radical (unpaired) electrons. The Morgan fingerprint density at radius 3 is 1.54 bits per heavy atom. The molecule has 0 heterocycles. The largest absolute Gasteiger partial charge is 0.478 e. The van der Waals surface area contributed by atoms with Crippen LogP contribution in [0.15, 0.2) is 36.4 Å². The van der Waals surface area contributed by atoms with Gasteiger partial charge >= 0.3 is 23.9 Å². The van der Waals surface area contributed by atoms with Gasteiger partial charge in [-0.15, -0.1) is 0 Å². The second kappa shape index (κ2) is 9.86. The van der Waals surface area contributed by atoms with Crippen LogP contribution in [0.1, 0.15) is 52.6 Å². The molecule has 2 aromatic carbocycles. The molecule has 8 heteroatoms. The number of carbonyl (C=O) groups is 4. The quantitative estimate of drug-likeness (QED) is 0.765. The van der Waals surface area contributed by atoms with Gasteiger partial charge in [0.25, 0.3) is 0 Å². The third-order valence-corrected chi connectivity index (χ3v) is 3.92. The molecule has 0 saturated heterocycles. The number of rotatable bonds is 4. The monoisotopic (exact) mass is 388 g/mol. The van der Waals surface area contributed by atoms with E-state index < -0.39 is 23.9 Å². The summed E-state index contributed by atoms with van der Waals surface area (Å²) in [5.41, 5.74) is 1.40. The molecule has 0 saturated carbocycles. The fourth-order valence-electron chi connectivity index (χ4n) is 2.33. The Kier molecular flexibility index (Phi) is 7.88. The Morgan fingerprint density at radius 1 is 0.714 bits per heavy atom. The number of hydrogen-bond donors (Lipinski definition) is 2. The van der Waals surface area contributed by atoms with E-state index in [1.807, 2.05) is 0 Å². The van der Waals surface area contributed by atoms with E-state index in [-0.39, 0.29) is 22.3 Å². The molecule has 0 aliphatic rings. The van der Waals surface area contributed by atoms with E-state index in [4.69, 9.17) is 10.2 Å². The van der Waals surface area contributed by atoms with Crippen LogP contribution in [0.3, 0.4) is 0 Å². The van der Waals surface area contributed by atoms with Crippen molar-refractivity contribution in [1.29, 1.82) is 0 Å². The Hall–Kier alpha value is -3.68. The molecule has 0 aromatic heterocycles. The first-order valence-corrected chi connectivity index (χ1v) is 7.98. The lowest BCUT2D eigenvalue weighted by atomic mass is 9.98. The van der Waals surface area contributed by atoms with E-state index in [9.17, 15) is 19.2 Å². The maximum Gasteiger partial charge on any atom is 0.338 e. The fraction of sp³-hybridized carbons (Fsp3) is 0.200. The summed E-state index contributed by atoms with van der Waals surface area (Å²) in [5.74, 6) is -3.52. The minimum atomic E-state index is -1.22. The fourth-order valence-corrected chi connectivity index (χ4v) is 2.33. The average molecular weight is 388 g/mol. The van der Waals surface area contributed by atoms with Gasteiger partial charge in [-0.1, -0.05) is 18.2 Å². The maximum absolute atomic E-state index is 11.2. The molecule has 0 aliphatic carbocycles. The molecule has 2 aromatic rings. The molecule has 2 N–H and O–H groups in total. The van der Waals surface area contributed by atoms with Crippen LogP contribution in [-0.4, -0.2) is 48.3 Å². The molecule has 148 valence electrons. The number of ether oxygens (including phenoxy) is 2. The zero-order chi connectivity index (χ0) is 21.4. The highest BCUT2D eigenvalue weighted by Gasteiger charge is 2.19. The van der Waals surface area contributed by atoms with Gasteiger partial charge in [-0.25, -0.2) is 19.2 Å². The van der Waals surface area contributed by atoms with Crippen molar-refractivity contribution < 1.29 is 38.9 Å². The number of carbonyl (C=O) groups excluding carboxylic acids is 2. The summed E-state index contributed by atoms with van der Waals surface area (Å²) in [7, 11) is 2.52. The van der Waals surface area contributed by atoms with Crippen molar-refractivity contribution in [2.24, 2.45) is 0 Å². The van der Waals surface area contributed by atoms with E-state index in [2.05, 4.69) is 9.47 Å². The van der Waals surface area contributed by atoms with Crippen LogP contribution in [0.25, 0.3) is 0 Å². The molecule has 0 amide bonds. The molecule has 28 heavy (non-hydrogen) atoms. The molecule has 8 nitrogen and oxygen atoms in total. The summed E-state index contributed by atoms with van der Waals surface area (Å²) in [6.07, 6.45) is 0. The van der Waals surface area contributed by atoms with Crippen molar-refractivity contribution >= 4 is 23.9 Å². The first-order valence-electron chi connectivity index (χ1n) is 7.98. The highest BCUT2D eigenvalue weighted by molar-refractivity contribution is 6.03. The zero-order valence-corrected chi connectivity index (χ0v) is 15.8. The minimum absolute atomic E-state index is 0.127. The van der Waals surface area contributed by atoms with Gasteiger partial charge in [0.2, 0.25) is 0 Å². The normalized spacial score (nSPS) is 9.57. The van der Waals surface area contributed by atoms with E-state index in [0.717, 1.165) is 5.56 Å². The van der Waals surface area contributed by atoms with Gasteiger partial charge in [0.1, 0.15) is 0 Å². The number of benzene rings is 2. The molecular formula is C20H20O8. The van der Waals surface area contributed by atoms with Crippen LogP contribution in [0.5, 0.6) is 0 Å². The zero-order valence-electron chi connectivity index (χ0n) is 15.8. The summed E-state index contributed by atoms with van der Waals surface area (Å²) in [4.78, 5) is 44.0. The summed E-state index contributed by atoms with van der Waals surface area (Å²) < 4.78 is 9.05. The van der Waals surface area contributed by atoms with Gasteiger partial charge in [0.05, 0.1) is 36.5 Å². The second-order valence-corrected chi connectivity index (χ2v) is 5.57. The third-order valence-electron chi connectivity index (χ3n) is 3.92. The highest BCUT2D eigenvalue weighted by Crippen LogP contribution is 2.18. The molecule has 0 atom stereocenters. The molecule has 0 fully saturated rings. The van der Waals surface area contributed by atoms with Gasteiger partial charge in [-0.3, -0.25) is 0 Å². The van der Waals surface area contributed by atoms with Gasteiger partial charge in [-0.05, 0) is 43.2 Å². The van der Waals surface area contributed by atoms with E-state index in [1.54, 1.807) is 32.0 Å². The van der Waals surface area contributed by atoms with Crippen molar-refractivity contribution in [1.82, 2.24) is 0 Å². The summed E-state index contributed by atoms with van der Waals surface area (Å²) in [6, 6.07) is 9.24. The number of esters is 2. The van der Waals surface area contributed by atoms with E-state index in [1.165, 1.54) is 32.4 Å². The van der Waals surface area contributed by atoms with Crippen LogP contribution < -0.4 is 0 Å². The predicted octanol–water partition coefficient (Wildman–Crippen LogP) is 2.96. The van der Waals surface area contributed by atoms with Crippen molar-refractivity contribution in [2.45, 2.75) is 13.8 Å². The molecule has 0 bridgehead atoms. The first kappa shape index (κ1) is 22.4. The molecule has 0 spiro atoms. The van der Waals surface area contributed by atoms with Crippen molar-refractivity contribution in [3.63, 3.8) is 0 Å². The van der Waals surface area contributed by atoms with Crippen LogP contribution in [0.2, 0.25) is 0 Å². The molecule has 0 unspecified atom stereocenters. The first-order chi connectivity index (χ1) is 13.1. The van der Waals surface area contributed by atoms with Crippen LogP contribution in [0.4, 0.5) is 0 Å². The number of aromatic carboxylic acids is 2. The SMILES string of the molecule is COC(=O)c1ccccc1C(=O)OC.Cc1ccc(C(=O)O)c(C(=O)O)c1C. The van der Waals surface area contributed by atoms with Crippen molar-refractivity contribution in [3.05, 3.63) is 69.8 Å². The van der Waals surface area contributed by atoms with Gasteiger partial charge in [-0.2, -0.15) is 0 Å². The van der Waals surface area contributed by atoms with Gasteiger partial charge in [0.15, 0.2) is 0 Å². The Morgan fingerprint density at radius 2 is 1.18 bits per heavy atom. The van der Waals surface area contributed by atoms with Crippen molar-refractivity contribution in [3.8, 4) is 0 Å². The predicted molar refractivity (Wildman–Crippen MR) is 99.0 cm³/mol. The molecular weight excluding hydrogens is 368 g/mol. The number of methoxy groups -OCH3 is 2. The smallest absolute Gasteiger partial charge is 0.338 e. The maximum atomic E-state index is 11.2. The van der Waals surface area contributed by atoms with E-state index in [0.29, 0.717) is 5.56 Å². The summed E-state index contributed by atoms with van der Waals surface area (Å²) >= 11 is 0. The second-order valence-electron chi connectivity index (χ2n) is 5.57. The van der Waals surface area contributed by atoms with Gasteiger partial charge < -0.3 is 19.7 Å². The lowest BCUT2D eigenvalue weighted by Gasteiger charge is -2.07. The van der Waals surface area contributed by atoms with Crippen molar-refractivity contribution in [2.75, 3.05) is 14.2 Å². The van der Waals surface area contributed by atoms with Crippen LogP contribution in [-0.2, 0) is 9.47 Å². The Bertz CT molecular complexity index is 879. The van der Waals surface area contributed by atoms with Crippen LogP contribution >= 0.6 is 0 Å². The van der Waals surface area contributed by atoms with E-state index >= 15 is 0 Å². The molecule has 0 aliphatic heterocycles. The number of aryl methyl sites for hydroxylation is 1. The Balaban J connectivity index is 0.000000280. The van der Waals surface area contributed by atoms with Gasteiger partial charge in [0, 0.05) is 0 Å². The third kappa shape index (κ3) is 5.16. The van der Waals surface area contributed by atoms with Crippen LogP contribution in [0, 0.1) is 13.8 Å². The number of carboxylic acid groups (broad SMARTS) is 2.